The van der Waals surface area contributed by atoms with E-state index in [1.165, 1.54) is 18.2 Å². The van der Waals surface area contributed by atoms with Crippen LogP contribution in [0.3, 0.4) is 0 Å². The van der Waals surface area contributed by atoms with Gasteiger partial charge in [-0.2, -0.15) is 0 Å². The molecule has 3 N–H and O–H groups in total. The molecule has 0 bridgehead atoms. The number of carbonyl (C=O) groups is 3. The predicted molar refractivity (Wildman–Crippen MR) is 78.3 cm³/mol. The van der Waals surface area contributed by atoms with E-state index < -0.39 is 41.1 Å². The number of carbonyl (C=O) groups excluding carboxylic acids is 1. The van der Waals surface area contributed by atoms with E-state index in [0.29, 0.717) is 6.42 Å². The van der Waals surface area contributed by atoms with Crippen LogP contribution in [0.25, 0.3) is 0 Å². The SMILES string of the molecule is O=C(O)C(OC(=O)N1CCC[C@H]1C(=O)O)c1ccccc1N([O-])O. The van der Waals surface area contributed by atoms with E-state index in [-0.39, 0.29) is 18.5 Å². The molecular formula is C14H15N2O8-. The van der Waals surface area contributed by atoms with E-state index in [9.17, 15) is 24.7 Å². The molecule has 0 radical (unpaired) electrons. The average molecular weight is 339 g/mol. The van der Waals surface area contributed by atoms with Crippen LogP contribution in [0, 0.1) is 5.21 Å². The van der Waals surface area contributed by atoms with Gasteiger partial charge in [-0.1, -0.05) is 18.2 Å². The van der Waals surface area contributed by atoms with Crippen LogP contribution in [0.15, 0.2) is 24.3 Å². The number of carboxylic acids is 2. The Morgan fingerprint density at radius 3 is 2.54 bits per heavy atom. The van der Waals surface area contributed by atoms with Gasteiger partial charge in [-0.3, -0.25) is 10.1 Å². The Morgan fingerprint density at radius 2 is 1.96 bits per heavy atom. The third-order valence-electron chi connectivity index (χ3n) is 3.64. The third kappa shape index (κ3) is 3.55. The van der Waals surface area contributed by atoms with Crippen molar-refractivity contribution < 1.29 is 34.5 Å². The van der Waals surface area contributed by atoms with Gasteiger partial charge in [0.2, 0.25) is 6.10 Å². The van der Waals surface area contributed by atoms with Crippen LogP contribution in [0.4, 0.5) is 10.5 Å². The number of benzene rings is 1. The molecule has 0 aliphatic carbocycles. The maximum atomic E-state index is 12.2. The van der Waals surface area contributed by atoms with Gasteiger partial charge in [0.1, 0.15) is 6.04 Å². The Hall–Kier alpha value is -2.85. The molecule has 24 heavy (non-hydrogen) atoms. The highest BCUT2D eigenvalue weighted by molar-refractivity contribution is 5.84. The van der Waals surface area contributed by atoms with Crippen LogP contribution in [-0.4, -0.2) is 50.9 Å². The predicted octanol–water partition coefficient (Wildman–Crippen LogP) is 1.19. The first-order valence-electron chi connectivity index (χ1n) is 7.01. The summed E-state index contributed by atoms with van der Waals surface area (Å²) < 4.78 is 4.90. The number of rotatable bonds is 5. The Morgan fingerprint density at radius 1 is 1.29 bits per heavy atom. The quantitative estimate of drug-likeness (QED) is 0.672. The van der Waals surface area contributed by atoms with Gasteiger partial charge >= 0.3 is 18.0 Å². The first-order chi connectivity index (χ1) is 11.3. The summed E-state index contributed by atoms with van der Waals surface area (Å²) in [6.45, 7) is 0.122. The normalized spacial score (nSPS) is 18.1. The molecule has 2 atom stereocenters. The van der Waals surface area contributed by atoms with Gasteiger partial charge < -0.3 is 25.4 Å². The van der Waals surface area contributed by atoms with Gasteiger partial charge in [-0.05, 0) is 18.9 Å². The molecule has 10 heteroatoms. The lowest BCUT2D eigenvalue weighted by atomic mass is 10.1. The highest BCUT2D eigenvalue weighted by atomic mass is 16.8. The molecule has 1 aromatic carbocycles. The number of para-hydroxylation sites is 1. The van der Waals surface area contributed by atoms with Crippen LogP contribution in [-0.2, 0) is 14.3 Å². The lowest BCUT2D eigenvalue weighted by molar-refractivity contribution is -0.148. The van der Waals surface area contributed by atoms with Crippen LogP contribution in [0.2, 0.25) is 0 Å². The molecule has 1 aliphatic rings. The molecule has 1 heterocycles. The second-order valence-electron chi connectivity index (χ2n) is 5.12. The number of anilines is 1. The van der Waals surface area contributed by atoms with Crippen molar-refractivity contribution in [2.45, 2.75) is 25.0 Å². The number of likely N-dealkylation sites (tertiary alicyclic amines) is 1. The maximum absolute atomic E-state index is 12.2. The highest BCUT2D eigenvalue weighted by Crippen LogP contribution is 2.29. The standard InChI is InChI=1S/C14H15N2O8/c17-12(18)10-6-3-7-15(10)14(21)24-11(13(19)20)8-4-1-2-5-9(8)16(22)23/h1-2,4-5,10-11,22H,3,6-7H2,(H,17,18)(H,19,20)/q-1/t10-,11?/m0/s1. The zero-order chi connectivity index (χ0) is 17.9. The molecule has 2 rings (SSSR count). The van der Waals surface area contributed by atoms with Crippen molar-refractivity contribution in [2.24, 2.45) is 0 Å². The Labute approximate surface area is 136 Å². The monoisotopic (exact) mass is 339 g/mol. The summed E-state index contributed by atoms with van der Waals surface area (Å²) in [7, 11) is 0. The van der Waals surface area contributed by atoms with Gasteiger partial charge in [-0.25, -0.2) is 14.4 Å². The number of amides is 1. The number of hydrogen-bond acceptors (Lipinski definition) is 7. The molecular weight excluding hydrogens is 324 g/mol. The first kappa shape index (κ1) is 17.5. The molecule has 1 aliphatic heterocycles. The molecule has 1 unspecified atom stereocenters. The second kappa shape index (κ2) is 7.15. The fourth-order valence-corrected chi connectivity index (χ4v) is 2.54. The molecule has 1 fully saturated rings. The Kier molecular flexibility index (Phi) is 5.21. The van der Waals surface area contributed by atoms with Gasteiger partial charge in [0.05, 0.1) is 5.69 Å². The summed E-state index contributed by atoms with van der Waals surface area (Å²) >= 11 is 0. The van der Waals surface area contributed by atoms with E-state index >= 15 is 0 Å². The highest BCUT2D eigenvalue weighted by Gasteiger charge is 2.37. The van der Waals surface area contributed by atoms with E-state index in [2.05, 4.69) is 0 Å². The maximum Gasteiger partial charge on any atom is 0.411 e. The second-order valence-corrected chi connectivity index (χ2v) is 5.12. The fraction of sp³-hybridized carbons (Fsp3) is 0.357. The topological polar surface area (TPSA) is 151 Å². The largest absolute Gasteiger partial charge is 0.733 e. The number of aliphatic carboxylic acids is 2. The summed E-state index contributed by atoms with van der Waals surface area (Å²) in [4.78, 5) is 35.6. The molecule has 10 nitrogen and oxygen atoms in total. The molecule has 0 spiro atoms. The van der Waals surface area contributed by atoms with Crippen molar-refractivity contribution in [3.8, 4) is 0 Å². The number of hydrogen-bond donors (Lipinski definition) is 3. The van der Waals surface area contributed by atoms with Crippen molar-refractivity contribution in [1.29, 1.82) is 0 Å². The lowest BCUT2D eigenvalue weighted by Crippen LogP contribution is -2.41. The van der Waals surface area contributed by atoms with Gasteiger partial charge in [0.15, 0.2) is 0 Å². The minimum absolute atomic E-state index is 0.122. The van der Waals surface area contributed by atoms with Crippen molar-refractivity contribution >= 4 is 23.7 Å². The average Bonchev–Trinajstić information content (AvgIpc) is 3.02. The van der Waals surface area contributed by atoms with Gasteiger partial charge in [-0.15, -0.1) is 0 Å². The smallest absolute Gasteiger partial charge is 0.411 e. The van der Waals surface area contributed by atoms with Crippen molar-refractivity contribution in [1.82, 2.24) is 4.90 Å². The Bertz CT molecular complexity index is 647. The molecule has 0 saturated carbocycles. The van der Waals surface area contributed by atoms with Gasteiger partial charge in [0.25, 0.3) is 0 Å². The lowest BCUT2D eigenvalue weighted by Gasteiger charge is -2.28. The van der Waals surface area contributed by atoms with Crippen LogP contribution >= 0.6 is 0 Å². The van der Waals surface area contributed by atoms with Crippen LogP contribution in [0.5, 0.6) is 0 Å². The number of nitrogens with zero attached hydrogens (tertiary/aromatic N) is 2. The third-order valence-corrected chi connectivity index (χ3v) is 3.64. The van der Waals surface area contributed by atoms with Crippen LogP contribution < -0.4 is 5.23 Å². The summed E-state index contributed by atoms with van der Waals surface area (Å²) in [6.07, 6.45) is -2.29. The minimum atomic E-state index is -1.87. The summed E-state index contributed by atoms with van der Waals surface area (Å²) in [5.41, 5.74) is -0.629. The number of carboxylic acid groups (broad SMARTS) is 2. The minimum Gasteiger partial charge on any atom is -0.733 e. The molecule has 1 aromatic rings. The fourth-order valence-electron chi connectivity index (χ4n) is 2.54. The van der Waals surface area contributed by atoms with E-state index in [0.717, 1.165) is 11.0 Å². The first-order valence-corrected chi connectivity index (χ1v) is 7.01. The zero-order valence-corrected chi connectivity index (χ0v) is 12.4. The molecule has 0 aromatic heterocycles. The van der Waals surface area contributed by atoms with Crippen molar-refractivity contribution in [3.63, 3.8) is 0 Å². The van der Waals surface area contributed by atoms with E-state index in [1.807, 2.05) is 0 Å². The molecule has 130 valence electrons. The zero-order valence-electron chi connectivity index (χ0n) is 12.4. The Balaban J connectivity index is 2.25. The van der Waals surface area contributed by atoms with E-state index in [4.69, 9.17) is 15.1 Å². The molecule has 1 saturated heterocycles. The summed E-state index contributed by atoms with van der Waals surface area (Å²) in [5, 5.41) is 38.0. The van der Waals surface area contributed by atoms with Gasteiger partial charge in [0, 0.05) is 12.1 Å². The summed E-state index contributed by atoms with van der Waals surface area (Å²) in [6, 6.07) is 4.07. The van der Waals surface area contributed by atoms with Crippen molar-refractivity contribution in [2.75, 3.05) is 11.8 Å². The molecule has 1 amide bonds. The summed E-state index contributed by atoms with van der Waals surface area (Å²) in [5.74, 6) is -2.78. The van der Waals surface area contributed by atoms with Crippen LogP contribution in [0.1, 0.15) is 24.5 Å². The van der Waals surface area contributed by atoms with Crippen molar-refractivity contribution in [3.05, 3.63) is 35.0 Å². The number of ether oxygens (including phenoxy) is 1. The van der Waals surface area contributed by atoms with E-state index in [1.54, 1.807) is 0 Å².